The van der Waals surface area contributed by atoms with Gasteiger partial charge in [0.2, 0.25) is 0 Å². The minimum atomic E-state index is -0.423. The number of hydrogen-bond donors (Lipinski definition) is 1. The number of halogens is 2. The number of nitrogens with zero attached hydrogens (tertiary/aromatic N) is 1. The van der Waals surface area contributed by atoms with Crippen LogP contribution < -0.4 is 5.73 Å². The van der Waals surface area contributed by atoms with Crippen LogP contribution in [-0.4, -0.2) is 4.98 Å². The van der Waals surface area contributed by atoms with Crippen LogP contribution in [0, 0.1) is 12.7 Å². The maximum absolute atomic E-state index is 13.5. The molecule has 0 fully saturated rings. The van der Waals surface area contributed by atoms with E-state index >= 15 is 0 Å². The van der Waals surface area contributed by atoms with Gasteiger partial charge in [-0.2, -0.15) is 0 Å². The van der Waals surface area contributed by atoms with Gasteiger partial charge in [0.1, 0.15) is 5.82 Å². The lowest BCUT2D eigenvalue weighted by atomic mass is 9.99. The number of pyridine rings is 1. The second-order valence-corrected chi connectivity index (χ2v) is 4.71. The first-order chi connectivity index (χ1) is 8.58. The Balaban J connectivity index is 2.21. The van der Waals surface area contributed by atoms with Crippen molar-refractivity contribution in [2.45, 2.75) is 19.4 Å². The lowest BCUT2D eigenvalue weighted by molar-refractivity contribution is 0.574. The van der Waals surface area contributed by atoms with Crippen LogP contribution in [0.5, 0.6) is 0 Å². The fourth-order valence-electron chi connectivity index (χ4n) is 1.85. The molecule has 18 heavy (non-hydrogen) atoms. The molecule has 0 aliphatic rings. The van der Waals surface area contributed by atoms with E-state index in [0.717, 1.165) is 11.1 Å². The minimum Gasteiger partial charge on any atom is -0.324 e. The molecule has 1 aromatic carbocycles. The van der Waals surface area contributed by atoms with E-state index in [0.29, 0.717) is 17.0 Å². The second-order valence-electron chi connectivity index (χ2n) is 4.30. The van der Waals surface area contributed by atoms with Crippen molar-refractivity contribution in [1.82, 2.24) is 4.98 Å². The fourth-order valence-corrected chi connectivity index (χ4v) is 2.16. The highest BCUT2D eigenvalue weighted by Gasteiger charge is 2.13. The van der Waals surface area contributed by atoms with Crippen LogP contribution in [-0.2, 0) is 6.42 Å². The summed E-state index contributed by atoms with van der Waals surface area (Å²) in [5.41, 5.74) is 8.48. The van der Waals surface area contributed by atoms with Crippen molar-refractivity contribution in [1.29, 1.82) is 0 Å². The first-order valence-electron chi connectivity index (χ1n) is 5.68. The van der Waals surface area contributed by atoms with Gasteiger partial charge in [-0.05, 0) is 36.6 Å². The van der Waals surface area contributed by atoms with E-state index in [2.05, 4.69) is 4.98 Å². The fraction of sp³-hybridized carbons (Fsp3) is 0.214. The van der Waals surface area contributed by atoms with Crippen molar-refractivity contribution < 1.29 is 4.39 Å². The summed E-state index contributed by atoms with van der Waals surface area (Å²) in [6.07, 6.45) is 3.21. The smallest absolute Gasteiger partial charge is 0.146 e. The highest BCUT2D eigenvalue weighted by atomic mass is 35.5. The van der Waals surface area contributed by atoms with Crippen LogP contribution in [0.2, 0.25) is 5.02 Å². The summed E-state index contributed by atoms with van der Waals surface area (Å²) >= 11 is 6.14. The van der Waals surface area contributed by atoms with Gasteiger partial charge >= 0.3 is 0 Å². The van der Waals surface area contributed by atoms with Gasteiger partial charge < -0.3 is 5.73 Å². The number of hydrogen-bond acceptors (Lipinski definition) is 2. The SMILES string of the molecule is Cc1ccc(CC(N)c2ccncc2F)c(Cl)c1. The Bertz CT molecular complexity index is 557. The van der Waals surface area contributed by atoms with Crippen LogP contribution in [0.15, 0.2) is 36.7 Å². The zero-order valence-corrected chi connectivity index (χ0v) is 10.8. The summed E-state index contributed by atoms with van der Waals surface area (Å²) in [6.45, 7) is 1.97. The van der Waals surface area contributed by atoms with Crippen molar-refractivity contribution in [3.05, 3.63) is 64.2 Å². The third-order valence-electron chi connectivity index (χ3n) is 2.85. The Kier molecular flexibility index (Phi) is 3.94. The lowest BCUT2D eigenvalue weighted by Crippen LogP contribution is -2.15. The molecule has 0 saturated carbocycles. The molecule has 4 heteroatoms. The molecule has 0 amide bonds. The normalized spacial score (nSPS) is 12.4. The quantitative estimate of drug-likeness (QED) is 0.923. The average Bonchev–Trinajstić information content (AvgIpc) is 2.33. The molecule has 2 nitrogen and oxygen atoms in total. The van der Waals surface area contributed by atoms with Crippen molar-refractivity contribution in [2.24, 2.45) is 5.73 Å². The number of nitrogens with two attached hydrogens (primary N) is 1. The minimum absolute atomic E-state index is 0.381. The number of benzene rings is 1. The van der Waals surface area contributed by atoms with Gasteiger partial charge in [0.15, 0.2) is 0 Å². The number of rotatable bonds is 3. The molecular formula is C14H14ClFN2. The molecule has 0 spiro atoms. The molecule has 2 rings (SSSR count). The van der Waals surface area contributed by atoms with Crippen LogP contribution in [0.3, 0.4) is 0 Å². The number of aryl methyl sites for hydroxylation is 1. The summed E-state index contributed by atoms with van der Waals surface area (Å²) in [6, 6.07) is 6.95. The van der Waals surface area contributed by atoms with E-state index in [1.54, 1.807) is 6.07 Å². The van der Waals surface area contributed by atoms with Gasteiger partial charge in [-0.3, -0.25) is 4.98 Å². The Morgan fingerprint density at radius 1 is 1.39 bits per heavy atom. The van der Waals surface area contributed by atoms with Gasteiger partial charge in [0, 0.05) is 22.8 Å². The van der Waals surface area contributed by atoms with Crippen LogP contribution in [0.25, 0.3) is 0 Å². The van der Waals surface area contributed by atoms with E-state index in [4.69, 9.17) is 17.3 Å². The predicted molar refractivity (Wildman–Crippen MR) is 71.0 cm³/mol. The predicted octanol–water partition coefficient (Wildman–Crippen LogP) is 3.43. The molecule has 1 aromatic heterocycles. The molecule has 94 valence electrons. The third kappa shape index (κ3) is 2.86. The summed E-state index contributed by atoms with van der Waals surface area (Å²) < 4.78 is 13.5. The van der Waals surface area contributed by atoms with Gasteiger partial charge in [-0.25, -0.2) is 4.39 Å². The molecule has 0 aliphatic carbocycles. The van der Waals surface area contributed by atoms with Crippen molar-refractivity contribution >= 4 is 11.6 Å². The first-order valence-corrected chi connectivity index (χ1v) is 6.05. The molecule has 0 aliphatic heterocycles. The highest BCUT2D eigenvalue weighted by Crippen LogP contribution is 2.24. The molecule has 0 bridgehead atoms. The summed E-state index contributed by atoms with van der Waals surface area (Å²) in [7, 11) is 0. The molecule has 1 heterocycles. The van der Waals surface area contributed by atoms with E-state index in [9.17, 15) is 4.39 Å². The van der Waals surface area contributed by atoms with Crippen molar-refractivity contribution in [3.8, 4) is 0 Å². The Morgan fingerprint density at radius 3 is 2.83 bits per heavy atom. The molecule has 2 N–H and O–H groups in total. The average molecular weight is 265 g/mol. The van der Waals surface area contributed by atoms with E-state index in [1.165, 1.54) is 12.4 Å². The zero-order chi connectivity index (χ0) is 13.1. The Labute approximate surface area is 111 Å². The third-order valence-corrected chi connectivity index (χ3v) is 3.20. The number of aromatic nitrogens is 1. The maximum atomic E-state index is 13.5. The van der Waals surface area contributed by atoms with E-state index in [-0.39, 0.29) is 5.82 Å². The molecule has 0 saturated heterocycles. The van der Waals surface area contributed by atoms with Crippen molar-refractivity contribution in [3.63, 3.8) is 0 Å². The van der Waals surface area contributed by atoms with Gasteiger partial charge in [-0.1, -0.05) is 23.7 Å². The van der Waals surface area contributed by atoms with E-state index in [1.807, 2.05) is 25.1 Å². The first kappa shape index (κ1) is 13.0. The Hall–Kier alpha value is -1.45. The topological polar surface area (TPSA) is 38.9 Å². The summed E-state index contributed by atoms with van der Waals surface area (Å²) in [5.74, 6) is -0.381. The molecule has 1 atom stereocenters. The molecule has 1 unspecified atom stereocenters. The Morgan fingerprint density at radius 2 is 2.17 bits per heavy atom. The van der Waals surface area contributed by atoms with Gasteiger partial charge in [-0.15, -0.1) is 0 Å². The largest absolute Gasteiger partial charge is 0.324 e. The zero-order valence-electron chi connectivity index (χ0n) is 10.0. The lowest BCUT2D eigenvalue weighted by Gasteiger charge is -2.14. The standard InChI is InChI=1S/C14H14ClFN2/c1-9-2-3-10(12(15)6-9)7-14(17)11-4-5-18-8-13(11)16/h2-6,8,14H,7,17H2,1H3. The molecule has 0 radical (unpaired) electrons. The van der Waals surface area contributed by atoms with Crippen LogP contribution >= 0.6 is 11.6 Å². The van der Waals surface area contributed by atoms with Crippen molar-refractivity contribution in [2.75, 3.05) is 0 Å². The molecule has 2 aromatic rings. The summed E-state index contributed by atoms with van der Waals surface area (Å²) in [4.78, 5) is 3.71. The molecular weight excluding hydrogens is 251 g/mol. The van der Waals surface area contributed by atoms with Crippen LogP contribution in [0.1, 0.15) is 22.7 Å². The highest BCUT2D eigenvalue weighted by molar-refractivity contribution is 6.31. The maximum Gasteiger partial charge on any atom is 0.146 e. The van der Waals surface area contributed by atoms with E-state index < -0.39 is 6.04 Å². The van der Waals surface area contributed by atoms with Gasteiger partial charge in [0.05, 0.1) is 6.20 Å². The van der Waals surface area contributed by atoms with Crippen LogP contribution in [0.4, 0.5) is 4.39 Å². The summed E-state index contributed by atoms with van der Waals surface area (Å²) in [5, 5.41) is 0.667. The second kappa shape index (κ2) is 5.46. The van der Waals surface area contributed by atoms with Gasteiger partial charge in [0.25, 0.3) is 0 Å². The monoisotopic (exact) mass is 264 g/mol.